The summed E-state index contributed by atoms with van der Waals surface area (Å²) in [6, 6.07) is 2.77. The molecule has 0 aliphatic heterocycles. The molecular weight excluding hydrogens is 186 g/mol. The van der Waals surface area contributed by atoms with E-state index in [0.29, 0.717) is 6.04 Å². The zero-order valence-electron chi connectivity index (χ0n) is 9.20. The first-order chi connectivity index (χ1) is 7.29. The quantitative estimate of drug-likeness (QED) is 0.747. The molecule has 0 amide bonds. The van der Waals surface area contributed by atoms with Gasteiger partial charge in [0.15, 0.2) is 5.65 Å². The van der Waals surface area contributed by atoms with Gasteiger partial charge in [0.05, 0.1) is 11.4 Å². The number of hydrogen-bond donors (Lipinski definition) is 0. The minimum Gasteiger partial charge on any atom is -0.328 e. The van der Waals surface area contributed by atoms with Crippen LogP contribution in [0.25, 0.3) is 11.2 Å². The molecule has 0 unspecified atom stereocenters. The number of rotatable bonds is 2. The average Bonchev–Trinajstić information content (AvgIpc) is 2.99. The number of aromatic nitrogens is 3. The lowest BCUT2D eigenvalue weighted by molar-refractivity contribution is 0.763. The maximum atomic E-state index is 4.67. The topological polar surface area (TPSA) is 30.7 Å². The molecule has 1 aliphatic carbocycles. The minimum atomic E-state index is 0.684. The second kappa shape index (κ2) is 3.05. The molecule has 1 saturated carbocycles. The van der Waals surface area contributed by atoms with Crippen molar-refractivity contribution in [2.75, 3.05) is 0 Å². The zero-order valence-corrected chi connectivity index (χ0v) is 9.20. The summed E-state index contributed by atoms with van der Waals surface area (Å²) in [5.74, 6) is 0. The summed E-state index contributed by atoms with van der Waals surface area (Å²) in [5.41, 5.74) is 4.30. The maximum absolute atomic E-state index is 4.67. The summed E-state index contributed by atoms with van der Waals surface area (Å²) in [4.78, 5) is 9.31. The lowest BCUT2D eigenvalue weighted by Crippen LogP contribution is -1.99. The predicted molar refractivity (Wildman–Crippen MR) is 59.9 cm³/mol. The van der Waals surface area contributed by atoms with Crippen LogP contribution in [-0.4, -0.2) is 14.5 Å². The molecule has 3 nitrogen and oxygen atoms in total. The van der Waals surface area contributed by atoms with Gasteiger partial charge in [0.25, 0.3) is 0 Å². The van der Waals surface area contributed by atoms with Crippen LogP contribution in [0.2, 0.25) is 0 Å². The van der Waals surface area contributed by atoms with Gasteiger partial charge in [-0.15, -0.1) is 0 Å². The molecule has 78 valence electrons. The summed E-state index contributed by atoms with van der Waals surface area (Å²) >= 11 is 0. The van der Waals surface area contributed by atoms with Gasteiger partial charge in [-0.3, -0.25) is 0 Å². The largest absolute Gasteiger partial charge is 0.328 e. The standard InChI is InChI=1S/C12H15N3/c1-3-10-8(2)13-12-11(14-10)6-7-15(12)9-4-5-9/h6-7,9H,3-5H2,1-2H3. The van der Waals surface area contributed by atoms with Crippen LogP contribution in [0.4, 0.5) is 0 Å². The predicted octanol–water partition coefficient (Wildman–Crippen LogP) is 2.64. The molecule has 2 heterocycles. The second-order valence-corrected chi connectivity index (χ2v) is 4.27. The third-order valence-electron chi connectivity index (χ3n) is 3.09. The minimum absolute atomic E-state index is 0.684. The third-order valence-corrected chi connectivity index (χ3v) is 3.09. The Morgan fingerprint density at radius 3 is 2.87 bits per heavy atom. The number of nitrogens with zero attached hydrogens (tertiary/aromatic N) is 3. The average molecular weight is 201 g/mol. The molecule has 3 rings (SSSR count). The molecule has 0 N–H and O–H groups in total. The van der Waals surface area contributed by atoms with Crippen molar-refractivity contribution in [2.45, 2.75) is 39.2 Å². The number of aryl methyl sites for hydroxylation is 2. The van der Waals surface area contributed by atoms with Crippen molar-refractivity contribution in [3.8, 4) is 0 Å². The third kappa shape index (κ3) is 1.34. The Kier molecular flexibility index (Phi) is 1.81. The van der Waals surface area contributed by atoms with E-state index >= 15 is 0 Å². The smallest absolute Gasteiger partial charge is 0.159 e. The highest BCUT2D eigenvalue weighted by atomic mass is 15.1. The van der Waals surface area contributed by atoms with Gasteiger partial charge in [-0.05, 0) is 32.3 Å². The van der Waals surface area contributed by atoms with Gasteiger partial charge in [-0.1, -0.05) is 6.92 Å². The van der Waals surface area contributed by atoms with E-state index in [4.69, 9.17) is 0 Å². The van der Waals surface area contributed by atoms with Crippen molar-refractivity contribution in [1.82, 2.24) is 14.5 Å². The molecule has 2 aromatic heterocycles. The van der Waals surface area contributed by atoms with E-state index in [2.05, 4.69) is 40.6 Å². The van der Waals surface area contributed by atoms with Crippen molar-refractivity contribution in [3.63, 3.8) is 0 Å². The van der Waals surface area contributed by atoms with Crippen LogP contribution in [0.1, 0.15) is 37.2 Å². The Morgan fingerprint density at radius 2 is 2.20 bits per heavy atom. The summed E-state index contributed by atoms with van der Waals surface area (Å²) < 4.78 is 2.27. The van der Waals surface area contributed by atoms with Gasteiger partial charge < -0.3 is 4.57 Å². The van der Waals surface area contributed by atoms with Crippen molar-refractivity contribution >= 4 is 11.2 Å². The normalized spacial score (nSPS) is 16.1. The zero-order chi connectivity index (χ0) is 10.4. The van der Waals surface area contributed by atoms with Crippen LogP contribution in [0.5, 0.6) is 0 Å². The van der Waals surface area contributed by atoms with Gasteiger partial charge in [-0.25, -0.2) is 9.97 Å². The van der Waals surface area contributed by atoms with Crippen molar-refractivity contribution in [1.29, 1.82) is 0 Å². The highest BCUT2D eigenvalue weighted by Crippen LogP contribution is 2.37. The molecule has 2 aromatic rings. The van der Waals surface area contributed by atoms with E-state index in [9.17, 15) is 0 Å². The fourth-order valence-corrected chi connectivity index (χ4v) is 2.06. The van der Waals surface area contributed by atoms with Gasteiger partial charge in [0.1, 0.15) is 5.52 Å². The summed E-state index contributed by atoms with van der Waals surface area (Å²) in [6.45, 7) is 4.18. The molecule has 1 aliphatic rings. The molecular formula is C12H15N3. The second-order valence-electron chi connectivity index (χ2n) is 4.27. The van der Waals surface area contributed by atoms with Gasteiger partial charge in [-0.2, -0.15) is 0 Å². The highest BCUT2D eigenvalue weighted by Gasteiger charge is 2.25. The van der Waals surface area contributed by atoms with E-state index in [1.54, 1.807) is 0 Å². The van der Waals surface area contributed by atoms with Gasteiger partial charge in [0.2, 0.25) is 0 Å². The Bertz CT molecular complexity index is 509. The van der Waals surface area contributed by atoms with Gasteiger partial charge in [0, 0.05) is 12.2 Å². The lowest BCUT2D eigenvalue weighted by atomic mass is 10.2. The lowest BCUT2D eigenvalue weighted by Gasteiger charge is -2.04. The summed E-state index contributed by atoms with van der Waals surface area (Å²) in [5, 5.41) is 0. The molecule has 1 fully saturated rings. The Labute approximate surface area is 89.2 Å². The molecule has 0 radical (unpaired) electrons. The Balaban J connectivity index is 2.22. The molecule has 3 heteroatoms. The highest BCUT2D eigenvalue weighted by molar-refractivity contribution is 5.72. The first-order valence-electron chi connectivity index (χ1n) is 5.63. The summed E-state index contributed by atoms with van der Waals surface area (Å²) in [7, 11) is 0. The van der Waals surface area contributed by atoms with E-state index in [-0.39, 0.29) is 0 Å². The van der Waals surface area contributed by atoms with E-state index in [0.717, 1.165) is 29.0 Å². The first kappa shape index (κ1) is 8.89. The van der Waals surface area contributed by atoms with Crippen LogP contribution in [0.15, 0.2) is 12.3 Å². The molecule has 0 spiro atoms. The van der Waals surface area contributed by atoms with Crippen molar-refractivity contribution < 1.29 is 0 Å². The number of fused-ring (bicyclic) bond motifs is 1. The molecule has 0 saturated heterocycles. The fourth-order valence-electron chi connectivity index (χ4n) is 2.06. The number of hydrogen-bond acceptors (Lipinski definition) is 2. The first-order valence-corrected chi connectivity index (χ1v) is 5.63. The van der Waals surface area contributed by atoms with E-state index in [1.807, 2.05) is 0 Å². The molecule has 15 heavy (non-hydrogen) atoms. The van der Waals surface area contributed by atoms with Crippen LogP contribution >= 0.6 is 0 Å². The molecule has 0 aromatic carbocycles. The van der Waals surface area contributed by atoms with Gasteiger partial charge >= 0.3 is 0 Å². The fraction of sp³-hybridized carbons (Fsp3) is 0.500. The molecule has 0 atom stereocenters. The molecule has 0 bridgehead atoms. The Hall–Kier alpha value is -1.38. The van der Waals surface area contributed by atoms with Crippen LogP contribution in [-0.2, 0) is 6.42 Å². The van der Waals surface area contributed by atoms with Crippen LogP contribution in [0, 0.1) is 6.92 Å². The van der Waals surface area contributed by atoms with Crippen LogP contribution < -0.4 is 0 Å². The maximum Gasteiger partial charge on any atom is 0.159 e. The van der Waals surface area contributed by atoms with E-state index in [1.165, 1.54) is 12.8 Å². The van der Waals surface area contributed by atoms with Crippen molar-refractivity contribution in [3.05, 3.63) is 23.7 Å². The Morgan fingerprint density at radius 1 is 1.40 bits per heavy atom. The van der Waals surface area contributed by atoms with Crippen molar-refractivity contribution in [2.24, 2.45) is 0 Å². The monoisotopic (exact) mass is 201 g/mol. The SMILES string of the molecule is CCc1nc2ccn(C3CC3)c2nc1C. The van der Waals surface area contributed by atoms with Crippen LogP contribution in [0.3, 0.4) is 0 Å². The van der Waals surface area contributed by atoms with E-state index < -0.39 is 0 Å². The summed E-state index contributed by atoms with van der Waals surface area (Å²) in [6.07, 6.45) is 5.67.